The lowest BCUT2D eigenvalue weighted by molar-refractivity contribution is 0.0206. The van der Waals surface area contributed by atoms with Gasteiger partial charge in [0.2, 0.25) is 0 Å². The molecule has 1 aromatic carbocycles. The highest BCUT2D eigenvalue weighted by molar-refractivity contribution is 5.99. The highest BCUT2D eigenvalue weighted by atomic mass is 16.5. The zero-order chi connectivity index (χ0) is 12.3. The molecule has 17 heavy (non-hydrogen) atoms. The number of hydrogen-bond donors (Lipinski definition) is 2. The first-order valence-corrected chi connectivity index (χ1v) is 5.87. The normalized spacial score (nSPS) is 23.6. The van der Waals surface area contributed by atoms with Crippen LogP contribution in [-0.4, -0.2) is 24.7 Å². The van der Waals surface area contributed by atoms with Crippen LogP contribution in [0.15, 0.2) is 24.3 Å². The Hall–Kier alpha value is -1.55. The number of carbonyl (C=O) groups is 1. The minimum Gasteiger partial charge on any atom is -0.398 e. The summed E-state index contributed by atoms with van der Waals surface area (Å²) in [6.45, 7) is 3.33. The number of nitrogens with one attached hydrogen (secondary N) is 1. The molecule has 0 saturated carbocycles. The summed E-state index contributed by atoms with van der Waals surface area (Å²) in [5, 5.41) is 2.88. The third-order valence-electron chi connectivity index (χ3n) is 3.13. The van der Waals surface area contributed by atoms with Gasteiger partial charge in [0.05, 0.1) is 11.2 Å². The van der Waals surface area contributed by atoms with E-state index in [-0.39, 0.29) is 11.5 Å². The van der Waals surface area contributed by atoms with E-state index in [1.165, 1.54) is 0 Å². The van der Waals surface area contributed by atoms with Crippen LogP contribution in [0, 0.1) is 0 Å². The summed E-state index contributed by atoms with van der Waals surface area (Å²) in [7, 11) is 0. The number of carbonyl (C=O) groups excluding carboxylic acids is 1. The molecule has 1 fully saturated rings. The van der Waals surface area contributed by atoms with E-state index in [2.05, 4.69) is 5.32 Å². The second kappa shape index (κ2) is 4.75. The van der Waals surface area contributed by atoms with E-state index in [1.54, 1.807) is 18.2 Å². The number of amides is 1. The Labute approximate surface area is 101 Å². The minimum absolute atomic E-state index is 0.139. The Morgan fingerprint density at radius 3 is 2.94 bits per heavy atom. The summed E-state index contributed by atoms with van der Waals surface area (Å²) in [5.74, 6) is -0.139. The number of nitrogens with two attached hydrogens (primary N) is 1. The summed E-state index contributed by atoms with van der Waals surface area (Å²) in [6.07, 6.45) is 2.04. The van der Waals surface area contributed by atoms with Gasteiger partial charge in [-0.15, -0.1) is 0 Å². The van der Waals surface area contributed by atoms with Crippen LogP contribution < -0.4 is 11.1 Å². The lowest BCUT2D eigenvalue weighted by Gasteiger charge is -2.23. The number of hydrogen-bond acceptors (Lipinski definition) is 3. The SMILES string of the molecule is CC1(CNC(=O)c2ccccc2N)CCCO1. The standard InChI is InChI=1S/C13H18N2O2/c1-13(7-4-8-17-13)9-15-12(16)10-5-2-3-6-11(10)14/h2-3,5-6H,4,7-9,14H2,1H3,(H,15,16). The smallest absolute Gasteiger partial charge is 0.253 e. The maximum atomic E-state index is 11.9. The first-order valence-electron chi connectivity index (χ1n) is 5.87. The zero-order valence-corrected chi connectivity index (χ0v) is 10.0. The van der Waals surface area contributed by atoms with Gasteiger partial charge in [-0.1, -0.05) is 12.1 Å². The molecular formula is C13H18N2O2. The molecule has 1 heterocycles. The van der Waals surface area contributed by atoms with E-state index in [1.807, 2.05) is 13.0 Å². The zero-order valence-electron chi connectivity index (χ0n) is 10.0. The maximum Gasteiger partial charge on any atom is 0.253 e. The fourth-order valence-electron chi connectivity index (χ4n) is 2.04. The molecule has 1 saturated heterocycles. The number of rotatable bonds is 3. The largest absolute Gasteiger partial charge is 0.398 e. The van der Waals surface area contributed by atoms with Crippen molar-refractivity contribution in [1.82, 2.24) is 5.32 Å². The van der Waals surface area contributed by atoms with Crippen molar-refractivity contribution in [3.05, 3.63) is 29.8 Å². The quantitative estimate of drug-likeness (QED) is 0.780. The number of benzene rings is 1. The molecule has 0 radical (unpaired) electrons. The van der Waals surface area contributed by atoms with Crippen LogP contribution >= 0.6 is 0 Å². The molecule has 92 valence electrons. The lowest BCUT2D eigenvalue weighted by Crippen LogP contribution is -2.40. The van der Waals surface area contributed by atoms with E-state index < -0.39 is 0 Å². The molecule has 0 spiro atoms. The third-order valence-corrected chi connectivity index (χ3v) is 3.13. The Kier molecular flexibility index (Phi) is 3.33. The molecule has 2 rings (SSSR count). The monoisotopic (exact) mass is 234 g/mol. The fraction of sp³-hybridized carbons (Fsp3) is 0.462. The van der Waals surface area contributed by atoms with Crippen LogP contribution in [0.1, 0.15) is 30.1 Å². The van der Waals surface area contributed by atoms with Crippen LogP contribution in [0.25, 0.3) is 0 Å². The molecule has 0 aromatic heterocycles. The second-order valence-corrected chi connectivity index (χ2v) is 4.67. The van der Waals surface area contributed by atoms with Gasteiger partial charge in [0.25, 0.3) is 5.91 Å². The van der Waals surface area contributed by atoms with Gasteiger partial charge in [0.15, 0.2) is 0 Å². The van der Waals surface area contributed by atoms with Crippen molar-refractivity contribution in [3.8, 4) is 0 Å². The number of anilines is 1. The molecule has 3 N–H and O–H groups in total. The Morgan fingerprint density at radius 2 is 2.29 bits per heavy atom. The van der Waals surface area contributed by atoms with Crippen LogP contribution in [0.3, 0.4) is 0 Å². The van der Waals surface area contributed by atoms with Crippen molar-refractivity contribution in [2.24, 2.45) is 0 Å². The molecule has 1 aliphatic rings. The van der Waals surface area contributed by atoms with Gasteiger partial charge in [0.1, 0.15) is 0 Å². The van der Waals surface area contributed by atoms with Crippen LogP contribution in [0.4, 0.5) is 5.69 Å². The van der Waals surface area contributed by atoms with Gasteiger partial charge in [-0.2, -0.15) is 0 Å². The second-order valence-electron chi connectivity index (χ2n) is 4.67. The fourth-order valence-corrected chi connectivity index (χ4v) is 2.04. The summed E-state index contributed by atoms with van der Waals surface area (Å²) in [4.78, 5) is 11.9. The van der Waals surface area contributed by atoms with E-state index >= 15 is 0 Å². The maximum absolute atomic E-state index is 11.9. The molecule has 1 unspecified atom stereocenters. The third kappa shape index (κ3) is 2.77. The van der Waals surface area contributed by atoms with Gasteiger partial charge in [-0.05, 0) is 31.9 Å². The number of ether oxygens (including phenoxy) is 1. The summed E-state index contributed by atoms with van der Waals surface area (Å²) in [5.41, 5.74) is 6.55. The molecule has 4 nitrogen and oxygen atoms in total. The molecule has 1 aromatic rings. The van der Waals surface area contributed by atoms with Crippen molar-refractivity contribution >= 4 is 11.6 Å². The molecule has 4 heteroatoms. The van der Waals surface area contributed by atoms with Crippen molar-refractivity contribution < 1.29 is 9.53 Å². The average molecular weight is 234 g/mol. The molecule has 0 bridgehead atoms. The van der Waals surface area contributed by atoms with Gasteiger partial charge < -0.3 is 15.8 Å². The minimum atomic E-state index is -0.223. The lowest BCUT2D eigenvalue weighted by atomic mass is 10.0. The van der Waals surface area contributed by atoms with Crippen molar-refractivity contribution in [1.29, 1.82) is 0 Å². The van der Waals surface area contributed by atoms with E-state index in [9.17, 15) is 4.79 Å². The van der Waals surface area contributed by atoms with Gasteiger partial charge in [-0.3, -0.25) is 4.79 Å². The Morgan fingerprint density at radius 1 is 1.53 bits per heavy atom. The van der Waals surface area contributed by atoms with Crippen molar-refractivity contribution in [3.63, 3.8) is 0 Å². The summed E-state index contributed by atoms with van der Waals surface area (Å²) < 4.78 is 5.61. The molecule has 1 aliphatic heterocycles. The van der Waals surface area contributed by atoms with E-state index in [4.69, 9.17) is 10.5 Å². The van der Waals surface area contributed by atoms with Crippen molar-refractivity contribution in [2.45, 2.75) is 25.4 Å². The average Bonchev–Trinajstić information content (AvgIpc) is 2.74. The predicted molar refractivity (Wildman–Crippen MR) is 66.8 cm³/mol. The van der Waals surface area contributed by atoms with Crippen LogP contribution in [-0.2, 0) is 4.74 Å². The number of nitrogen functional groups attached to an aromatic ring is 1. The topological polar surface area (TPSA) is 64.4 Å². The molecular weight excluding hydrogens is 216 g/mol. The Balaban J connectivity index is 1.96. The summed E-state index contributed by atoms with van der Waals surface area (Å²) >= 11 is 0. The van der Waals surface area contributed by atoms with Gasteiger partial charge in [-0.25, -0.2) is 0 Å². The highest BCUT2D eigenvalue weighted by Crippen LogP contribution is 2.24. The Bertz CT molecular complexity index is 412. The molecule has 1 amide bonds. The predicted octanol–water partition coefficient (Wildman–Crippen LogP) is 1.57. The van der Waals surface area contributed by atoms with Gasteiger partial charge in [0, 0.05) is 18.8 Å². The highest BCUT2D eigenvalue weighted by Gasteiger charge is 2.30. The van der Waals surface area contributed by atoms with E-state index in [0.717, 1.165) is 19.4 Å². The van der Waals surface area contributed by atoms with Crippen LogP contribution in [0.2, 0.25) is 0 Å². The number of para-hydroxylation sites is 1. The first kappa shape index (κ1) is 11.9. The first-order chi connectivity index (χ1) is 8.11. The molecule has 1 atom stereocenters. The van der Waals surface area contributed by atoms with E-state index in [0.29, 0.717) is 17.8 Å². The molecule has 0 aliphatic carbocycles. The van der Waals surface area contributed by atoms with Crippen molar-refractivity contribution in [2.75, 3.05) is 18.9 Å². The van der Waals surface area contributed by atoms with Crippen LogP contribution in [0.5, 0.6) is 0 Å². The van der Waals surface area contributed by atoms with Gasteiger partial charge >= 0.3 is 0 Å². The summed E-state index contributed by atoms with van der Waals surface area (Å²) in [6, 6.07) is 7.07.